The molecular formula is C11H11ClN6. The van der Waals surface area contributed by atoms with E-state index in [1.54, 1.807) is 18.6 Å². The summed E-state index contributed by atoms with van der Waals surface area (Å²) < 4.78 is 3.77. The summed E-state index contributed by atoms with van der Waals surface area (Å²) in [6.07, 6.45) is 6.86. The number of imidazole rings is 2. The van der Waals surface area contributed by atoms with Crippen molar-refractivity contribution >= 4 is 28.6 Å². The molecule has 18 heavy (non-hydrogen) atoms. The molecule has 0 aliphatic heterocycles. The number of halogens is 1. The summed E-state index contributed by atoms with van der Waals surface area (Å²) in [6.45, 7) is 0.523. The molecule has 3 aromatic heterocycles. The summed E-state index contributed by atoms with van der Waals surface area (Å²) in [7, 11) is 1.93. The lowest BCUT2D eigenvalue weighted by molar-refractivity contribution is 0.720. The second-order valence-electron chi connectivity index (χ2n) is 4.00. The average Bonchev–Trinajstić information content (AvgIpc) is 2.86. The topological polar surface area (TPSA) is 74.5 Å². The summed E-state index contributed by atoms with van der Waals surface area (Å²) in [5, 5.41) is 0.533. The summed E-state index contributed by atoms with van der Waals surface area (Å²) in [6, 6.07) is 0. The average molecular weight is 263 g/mol. The Balaban J connectivity index is 2.17. The maximum atomic E-state index is 6.15. The van der Waals surface area contributed by atoms with Crippen LogP contribution < -0.4 is 5.73 Å². The zero-order chi connectivity index (χ0) is 12.7. The van der Waals surface area contributed by atoms with Crippen molar-refractivity contribution in [3.63, 3.8) is 0 Å². The molecule has 92 valence electrons. The Morgan fingerprint density at radius 3 is 2.94 bits per heavy atom. The zero-order valence-electron chi connectivity index (χ0n) is 9.71. The van der Waals surface area contributed by atoms with Crippen molar-refractivity contribution < 1.29 is 0 Å². The first-order valence-corrected chi connectivity index (χ1v) is 5.76. The van der Waals surface area contributed by atoms with Gasteiger partial charge in [-0.15, -0.1) is 0 Å². The van der Waals surface area contributed by atoms with Crippen LogP contribution in [0.5, 0.6) is 0 Å². The molecule has 0 aliphatic carbocycles. The van der Waals surface area contributed by atoms with Crippen LogP contribution in [0.25, 0.3) is 11.0 Å². The molecule has 0 atom stereocenters. The van der Waals surface area contributed by atoms with Crippen LogP contribution in [0.2, 0.25) is 5.02 Å². The van der Waals surface area contributed by atoms with Gasteiger partial charge in [-0.1, -0.05) is 11.6 Å². The van der Waals surface area contributed by atoms with Crippen LogP contribution in [-0.2, 0) is 13.6 Å². The lowest BCUT2D eigenvalue weighted by Gasteiger charge is -2.07. The molecule has 0 saturated carbocycles. The maximum Gasteiger partial charge on any atom is 0.201 e. The fourth-order valence-corrected chi connectivity index (χ4v) is 2.17. The van der Waals surface area contributed by atoms with Crippen molar-refractivity contribution in [1.29, 1.82) is 0 Å². The Bertz CT molecular complexity index is 713. The van der Waals surface area contributed by atoms with Gasteiger partial charge < -0.3 is 14.9 Å². The first-order valence-electron chi connectivity index (χ1n) is 5.38. The number of rotatable bonds is 2. The van der Waals surface area contributed by atoms with E-state index in [9.17, 15) is 0 Å². The minimum atomic E-state index is 0.405. The van der Waals surface area contributed by atoms with E-state index in [0.717, 1.165) is 11.3 Å². The predicted octanol–water partition coefficient (Wildman–Crippen LogP) is 1.45. The molecule has 0 aliphatic rings. The SMILES string of the molecule is Cn1ccnc1Cn1c(N)nc2cncc(Cl)c21. The third-order valence-corrected chi connectivity index (χ3v) is 3.13. The van der Waals surface area contributed by atoms with Crippen molar-refractivity contribution in [3.8, 4) is 0 Å². The van der Waals surface area contributed by atoms with Crippen LogP contribution in [0.15, 0.2) is 24.8 Å². The van der Waals surface area contributed by atoms with E-state index in [2.05, 4.69) is 15.0 Å². The van der Waals surface area contributed by atoms with Gasteiger partial charge in [-0.05, 0) is 0 Å². The number of nitrogens with two attached hydrogens (primary N) is 1. The van der Waals surface area contributed by atoms with Gasteiger partial charge in [0.25, 0.3) is 0 Å². The van der Waals surface area contributed by atoms with Crippen molar-refractivity contribution in [3.05, 3.63) is 35.6 Å². The van der Waals surface area contributed by atoms with Crippen molar-refractivity contribution in [2.45, 2.75) is 6.54 Å². The first-order chi connectivity index (χ1) is 8.66. The van der Waals surface area contributed by atoms with E-state index < -0.39 is 0 Å². The highest BCUT2D eigenvalue weighted by atomic mass is 35.5. The Labute approximate surface area is 108 Å². The summed E-state index contributed by atoms with van der Waals surface area (Å²) in [5.74, 6) is 1.29. The number of fused-ring (bicyclic) bond motifs is 1. The van der Waals surface area contributed by atoms with Crippen molar-refractivity contribution in [2.24, 2.45) is 7.05 Å². The number of hydrogen-bond donors (Lipinski definition) is 1. The van der Waals surface area contributed by atoms with Gasteiger partial charge in [0, 0.05) is 25.6 Å². The van der Waals surface area contributed by atoms with Crippen LogP contribution in [0.3, 0.4) is 0 Å². The lowest BCUT2D eigenvalue weighted by atomic mass is 10.4. The van der Waals surface area contributed by atoms with Gasteiger partial charge in [0.2, 0.25) is 5.95 Å². The molecule has 0 spiro atoms. The number of hydrogen-bond acceptors (Lipinski definition) is 4. The van der Waals surface area contributed by atoms with Gasteiger partial charge in [-0.3, -0.25) is 4.98 Å². The minimum absolute atomic E-state index is 0.405. The van der Waals surface area contributed by atoms with Crippen LogP contribution in [-0.4, -0.2) is 24.1 Å². The van der Waals surface area contributed by atoms with Crippen LogP contribution in [0.1, 0.15) is 5.82 Å². The van der Waals surface area contributed by atoms with E-state index in [-0.39, 0.29) is 0 Å². The highest BCUT2D eigenvalue weighted by molar-refractivity contribution is 6.34. The quantitative estimate of drug-likeness (QED) is 0.758. The van der Waals surface area contributed by atoms with E-state index in [1.165, 1.54) is 0 Å². The fraction of sp³-hybridized carbons (Fsp3) is 0.182. The number of anilines is 1. The molecule has 0 bridgehead atoms. The highest BCUT2D eigenvalue weighted by Crippen LogP contribution is 2.25. The van der Waals surface area contributed by atoms with Crippen LogP contribution >= 0.6 is 11.6 Å². The molecule has 3 aromatic rings. The first kappa shape index (κ1) is 11.0. The van der Waals surface area contributed by atoms with E-state index in [0.29, 0.717) is 23.0 Å². The normalized spacial score (nSPS) is 11.2. The molecule has 0 aromatic carbocycles. The largest absolute Gasteiger partial charge is 0.369 e. The lowest BCUT2D eigenvalue weighted by Crippen LogP contribution is -2.08. The van der Waals surface area contributed by atoms with Gasteiger partial charge in [-0.2, -0.15) is 0 Å². The van der Waals surface area contributed by atoms with Crippen LogP contribution in [0, 0.1) is 0 Å². The predicted molar refractivity (Wildman–Crippen MR) is 69.3 cm³/mol. The summed E-state index contributed by atoms with van der Waals surface area (Å²) in [5.41, 5.74) is 7.39. The molecule has 0 unspecified atom stereocenters. The third-order valence-electron chi connectivity index (χ3n) is 2.86. The standard InChI is InChI=1S/C11H11ClN6/c1-17-3-2-15-9(17)6-18-10-7(12)4-14-5-8(10)16-11(18)13/h2-5H,6H2,1H3,(H2,13,16). The highest BCUT2D eigenvalue weighted by Gasteiger charge is 2.13. The maximum absolute atomic E-state index is 6.15. The Morgan fingerprint density at radius 2 is 2.22 bits per heavy atom. The van der Waals surface area contributed by atoms with Gasteiger partial charge >= 0.3 is 0 Å². The molecule has 6 nitrogen and oxygen atoms in total. The van der Waals surface area contributed by atoms with E-state index >= 15 is 0 Å². The second-order valence-corrected chi connectivity index (χ2v) is 4.41. The number of aryl methyl sites for hydroxylation is 1. The minimum Gasteiger partial charge on any atom is -0.369 e. The van der Waals surface area contributed by atoms with E-state index in [1.807, 2.05) is 22.4 Å². The molecule has 7 heteroatoms. The monoisotopic (exact) mass is 262 g/mol. The van der Waals surface area contributed by atoms with Crippen molar-refractivity contribution in [1.82, 2.24) is 24.1 Å². The molecule has 3 rings (SSSR count). The number of aromatic nitrogens is 5. The van der Waals surface area contributed by atoms with Gasteiger partial charge in [0.05, 0.1) is 23.3 Å². The number of pyridine rings is 1. The molecule has 0 fully saturated rings. The summed E-state index contributed by atoms with van der Waals surface area (Å²) in [4.78, 5) is 12.5. The molecular weight excluding hydrogens is 252 g/mol. The Hall–Kier alpha value is -2.08. The van der Waals surface area contributed by atoms with Gasteiger partial charge in [-0.25, -0.2) is 9.97 Å². The van der Waals surface area contributed by atoms with Gasteiger partial charge in [0.1, 0.15) is 11.3 Å². The number of nitrogen functional groups attached to an aromatic ring is 1. The van der Waals surface area contributed by atoms with E-state index in [4.69, 9.17) is 17.3 Å². The number of nitrogens with zero attached hydrogens (tertiary/aromatic N) is 5. The third kappa shape index (κ3) is 1.62. The zero-order valence-corrected chi connectivity index (χ0v) is 10.5. The smallest absolute Gasteiger partial charge is 0.201 e. The molecule has 3 heterocycles. The van der Waals surface area contributed by atoms with Gasteiger partial charge in [0.15, 0.2) is 0 Å². The molecule has 2 N–H and O–H groups in total. The molecule has 0 radical (unpaired) electrons. The Morgan fingerprint density at radius 1 is 1.39 bits per heavy atom. The molecule has 0 saturated heterocycles. The van der Waals surface area contributed by atoms with Crippen molar-refractivity contribution in [2.75, 3.05) is 5.73 Å². The second kappa shape index (κ2) is 3.99. The Kier molecular flexibility index (Phi) is 2.45. The van der Waals surface area contributed by atoms with Crippen LogP contribution in [0.4, 0.5) is 5.95 Å². The summed E-state index contributed by atoms with van der Waals surface area (Å²) >= 11 is 6.15. The fourth-order valence-electron chi connectivity index (χ4n) is 1.92. The molecule has 0 amide bonds.